The lowest BCUT2D eigenvalue weighted by Gasteiger charge is -2.26. The van der Waals surface area contributed by atoms with Crippen molar-refractivity contribution in [3.63, 3.8) is 0 Å². The molecule has 0 aliphatic carbocycles. The van der Waals surface area contributed by atoms with Gasteiger partial charge in [0.25, 0.3) is 10.2 Å². The molecule has 1 aromatic heterocycles. The van der Waals surface area contributed by atoms with E-state index in [1.54, 1.807) is 20.3 Å². The molecule has 0 bridgehead atoms. The van der Waals surface area contributed by atoms with Crippen LogP contribution in [0.4, 0.5) is 0 Å². The van der Waals surface area contributed by atoms with Crippen molar-refractivity contribution < 1.29 is 8.42 Å². The Labute approximate surface area is 95.4 Å². The smallest absolute Gasteiger partial charge is 0.281 e. The van der Waals surface area contributed by atoms with Crippen LogP contribution in [0.1, 0.15) is 24.6 Å². The maximum Gasteiger partial charge on any atom is 0.282 e. The molecule has 1 fully saturated rings. The van der Waals surface area contributed by atoms with Gasteiger partial charge in [0, 0.05) is 26.8 Å². The molecule has 0 radical (unpaired) electrons. The molecule has 0 amide bonds. The molecule has 0 aromatic carbocycles. The molecule has 2 heterocycles. The Kier molecular flexibility index (Phi) is 3.00. The Bertz CT molecular complexity index is 440. The standard InChI is InChI=1S/C9H16N4O2S/c1-12(2)16(14,15)13-7-3-4-9(13)8-5-6-10-11-8/h5-6,9H,3-4,7H2,1-2H3,(H,10,11)/t9-/m1/s1. The van der Waals surface area contributed by atoms with Crippen LogP contribution < -0.4 is 0 Å². The second-order valence-corrected chi connectivity index (χ2v) is 6.17. The highest BCUT2D eigenvalue weighted by Gasteiger charge is 2.36. The fraction of sp³-hybridized carbons (Fsp3) is 0.667. The summed E-state index contributed by atoms with van der Waals surface area (Å²) >= 11 is 0. The van der Waals surface area contributed by atoms with Crippen LogP contribution in [0.5, 0.6) is 0 Å². The van der Waals surface area contributed by atoms with Crippen molar-refractivity contribution in [3.05, 3.63) is 18.0 Å². The Balaban J connectivity index is 2.29. The van der Waals surface area contributed by atoms with Gasteiger partial charge in [-0.3, -0.25) is 5.10 Å². The molecule has 90 valence electrons. The Morgan fingerprint density at radius 1 is 1.56 bits per heavy atom. The second kappa shape index (κ2) is 4.15. The van der Waals surface area contributed by atoms with Crippen molar-refractivity contribution >= 4 is 10.2 Å². The van der Waals surface area contributed by atoms with E-state index >= 15 is 0 Å². The minimum atomic E-state index is -3.33. The van der Waals surface area contributed by atoms with Gasteiger partial charge in [-0.05, 0) is 18.9 Å². The van der Waals surface area contributed by atoms with Crippen LogP contribution >= 0.6 is 0 Å². The fourth-order valence-electron chi connectivity index (χ4n) is 1.99. The molecule has 7 heteroatoms. The minimum Gasteiger partial charge on any atom is -0.281 e. The second-order valence-electron chi connectivity index (χ2n) is 4.07. The van der Waals surface area contributed by atoms with E-state index in [4.69, 9.17) is 0 Å². The zero-order valence-corrected chi connectivity index (χ0v) is 10.2. The molecule has 2 rings (SSSR count). The Hall–Kier alpha value is -0.920. The highest BCUT2D eigenvalue weighted by atomic mass is 32.2. The molecular weight excluding hydrogens is 228 g/mol. The quantitative estimate of drug-likeness (QED) is 0.834. The summed E-state index contributed by atoms with van der Waals surface area (Å²) in [4.78, 5) is 0. The topological polar surface area (TPSA) is 69.3 Å². The zero-order valence-electron chi connectivity index (χ0n) is 9.42. The number of rotatable bonds is 3. The molecule has 6 nitrogen and oxygen atoms in total. The first-order chi connectivity index (χ1) is 7.53. The SMILES string of the molecule is CN(C)S(=O)(=O)N1CCC[C@@H]1c1ccn[nH]1. The highest BCUT2D eigenvalue weighted by Crippen LogP contribution is 2.33. The molecule has 0 saturated carbocycles. The van der Waals surface area contributed by atoms with E-state index in [9.17, 15) is 8.42 Å². The first-order valence-corrected chi connectivity index (χ1v) is 6.62. The highest BCUT2D eigenvalue weighted by molar-refractivity contribution is 7.86. The third kappa shape index (κ3) is 1.85. The van der Waals surface area contributed by atoms with E-state index in [2.05, 4.69) is 10.2 Å². The number of hydrogen-bond acceptors (Lipinski definition) is 3. The van der Waals surface area contributed by atoms with Gasteiger partial charge >= 0.3 is 0 Å². The molecule has 1 N–H and O–H groups in total. The zero-order chi connectivity index (χ0) is 11.8. The van der Waals surface area contributed by atoms with E-state index in [0.717, 1.165) is 18.5 Å². The number of nitrogens with one attached hydrogen (secondary N) is 1. The van der Waals surface area contributed by atoms with Crippen LogP contribution in [0.15, 0.2) is 12.3 Å². The molecule has 1 aromatic rings. The van der Waals surface area contributed by atoms with E-state index in [1.807, 2.05) is 6.07 Å². The van der Waals surface area contributed by atoms with Crippen molar-refractivity contribution in [1.29, 1.82) is 0 Å². The van der Waals surface area contributed by atoms with Gasteiger partial charge in [-0.15, -0.1) is 0 Å². The van der Waals surface area contributed by atoms with E-state index in [-0.39, 0.29) is 6.04 Å². The number of H-pyrrole nitrogens is 1. The van der Waals surface area contributed by atoms with E-state index in [1.165, 1.54) is 8.61 Å². The summed E-state index contributed by atoms with van der Waals surface area (Å²) < 4.78 is 26.9. The van der Waals surface area contributed by atoms with Crippen molar-refractivity contribution in [2.75, 3.05) is 20.6 Å². The number of nitrogens with zero attached hydrogens (tertiary/aromatic N) is 3. The summed E-state index contributed by atoms with van der Waals surface area (Å²) in [6.45, 7) is 0.574. The molecule has 16 heavy (non-hydrogen) atoms. The Morgan fingerprint density at radius 2 is 2.31 bits per heavy atom. The van der Waals surface area contributed by atoms with Gasteiger partial charge in [0.15, 0.2) is 0 Å². The number of hydrogen-bond donors (Lipinski definition) is 1. The van der Waals surface area contributed by atoms with Crippen LogP contribution in [0.3, 0.4) is 0 Å². The van der Waals surface area contributed by atoms with Crippen molar-refractivity contribution in [1.82, 2.24) is 18.8 Å². The third-order valence-corrected chi connectivity index (χ3v) is 4.80. The van der Waals surface area contributed by atoms with Crippen LogP contribution in [0, 0.1) is 0 Å². The third-order valence-electron chi connectivity index (χ3n) is 2.84. The maximum absolute atomic E-state index is 12.1. The summed E-state index contributed by atoms with van der Waals surface area (Å²) in [6.07, 6.45) is 3.38. The molecule has 0 unspecified atom stereocenters. The maximum atomic E-state index is 12.1. The normalized spacial score (nSPS) is 23.1. The van der Waals surface area contributed by atoms with Gasteiger partial charge in [-0.2, -0.15) is 22.1 Å². The summed E-state index contributed by atoms with van der Waals surface area (Å²) in [5.74, 6) is 0. The van der Waals surface area contributed by atoms with Crippen LogP contribution in [0.2, 0.25) is 0 Å². The van der Waals surface area contributed by atoms with E-state index in [0.29, 0.717) is 6.54 Å². The van der Waals surface area contributed by atoms with Crippen LogP contribution in [0.25, 0.3) is 0 Å². The molecule has 1 aliphatic rings. The van der Waals surface area contributed by atoms with Crippen molar-refractivity contribution in [3.8, 4) is 0 Å². The molecule has 1 aliphatic heterocycles. The Morgan fingerprint density at radius 3 is 2.88 bits per heavy atom. The number of aromatic nitrogens is 2. The predicted octanol–water partition coefficient (Wildman–Crippen LogP) is 0.353. The summed E-state index contributed by atoms with van der Waals surface area (Å²) in [7, 11) is -0.226. The molecule has 1 atom stereocenters. The first-order valence-electron chi connectivity index (χ1n) is 5.22. The lowest BCUT2D eigenvalue weighted by Crippen LogP contribution is -2.39. The van der Waals surface area contributed by atoms with Crippen molar-refractivity contribution in [2.45, 2.75) is 18.9 Å². The summed E-state index contributed by atoms with van der Waals surface area (Å²) in [5, 5.41) is 6.71. The largest absolute Gasteiger partial charge is 0.282 e. The molecule has 0 spiro atoms. The van der Waals surface area contributed by atoms with Gasteiger partial charge in [-0.1, -0.05) is 0 Å². The average molecular weight is 244 g/mol. The van der Waals surface area contributed by atoms with Crippen molar-refractivity contribution in [2.24, 2.45) is 0 Å². The average Bonchev–Trinajstić information content (AvgIpc) is 2.88. The lowest BCUT2D eigenvalue weighted by atomic mass is 10.2. The van der Waals surface area contributed by atoms with Gasteiger partial charge < -0.3 is 0 Å². The van der Waals surface area contributed by atoms with Gasteiger partial charge in [0.2, 0.25) is 0 Å². The summed E-state index contributed by atoms with van der Waals surface area (Å²) in [6, 6.07) is 1.73. The molecule has 1 saturated heterocycles. The number of aromatic amines is 1. The predicted molar refractivity (Wildman–Crippen MR) is 59.9 cm³/mol. The summed E-state index contributed by atoms with van der Waals surface area (Å²) in [5.41, 5.74) is 0.864. The lowest BCUT2D eigenvalue weighted by molar-refractivity contribution is 0.358. The van der Waals surface area contributed by atoms with Crippen LogP contribution in [-0.2, 0) is 10.2 Å². The van der Waals surface area contributed by atoms with Gasteiger partial charge in [0.1, 0.15) is 0 Å². The monoisotopic (exact) mass is 244 g/mol. The molecular formula is C9H16N4O2S. The minimum absolute atomic E-state index is 0.102. The van der Waals surface area contributed by atoms with Crippen LogP contribution in [-0.4, -0.2) is 47.9 Å². The van der Waals surface area contributed by atoms with E-state index < -0.39 is 10.2 Å². The first kappa shape index (κ1) is 11.6. The van der Waals surface area contributed by atoms with Gasteiger partial charge in [0.05, 0.1) is 11.7 Å². The fourth-order valence-corrected chi connectivity index (χ4v) is 3.31. The van der Waals surface area contributed by atoms with Gasteiger partial charge in [-0.25, -0.2) is 0 Å².